The Bertz CT molecular complexity index is 1150. The average molecular weight is 511 g/mol. The minimum Gasteiger partial charge on any atom is -0.379 e. The molecule has 37 heavy (non-hydrogen) atoms. The lowest BCUT2D eigenvalue weighted by Crippen LogP contribution is -2.61. The van der Waals surface area contributed by atoms with Gasteiger partial charge in [0.05, 0.1) is 18.3 Å². The Morgan fingerprint density at radius 2 is 1.81 bits per heavy atom. The van der Waals surface area contributed by atoms with Gasteiger partial charge in [-0.1, -0.05) is 31.2 Å². The van der Waals surface area contributed by atoms with E-state index in [1.807, 2.05) is 37.3 Å². The molecule has 2 aliphatic rings. The summed E-state index contributed by atoms with van der Waals surface area (Å²) in [5.41, 5.74) is 0.970. The van der Waals surface area contributed by atoms with Crippen molar-refractivity contribution in [3.8, 4) is 0 Å². The number of likely N-dealkylation sites (N-methyl/N-ethyl adjacent to an activating group) is 1. The first kappa shape index (κ1) is 26.6. The van der Waals surface area contributed by atoms with Crippen LogP contribution >= 0.6 is 0 Å². The van der Waals surface area contributed by atoms with Gasteiger partial charge in [-0.05, 0) is 56.0 Å². The largest absolute Gasteiger partial charge is 0.379 e. The summed E-state index contributed by atoms with van der Waals surface area (Å²) in [5, 5.41) is 2.70. The smallest absolute Gasteiger partial charge is 0.254 e. The van der Waals surface area contributed by atoms with Crippen LogP contribution in [0.4, 0.5) is 10.1 Å². The molecule has 0 unspecified atom stereocenters. The number of carbonyl (C=O) groups excluding carboxylic acids is 3. The zero-order chi connectivity index (χ0) is 26.7. The summed E-state index contributed by atoms with van der Waals surface area (Å²) >= 11 is 0. The number of benzene rings is 2. The van der Waals surface area contributed by atoms with Crippen LogP contribution in [-0.2, 0) is 20.7 Å². The molecule has 2 atom stereocenters. The molecule has 2 fully saturated rings. The van der Waals surface area contributed by atoms with Crippen LogP contribution < -0.4 is 10.2 Å². The Hall–Kier alpha value is -3.46. The fourth-order valence-electron chi connectivity index (χ4n) is 5.30. The number of likely N-dealkylation sites (tertiary alicyclic amines) is 1. The molecule has 2 aliphatic heterocycles. The summed E-state index contributed by atoms with van der Waals surface area (Å²) < 4.78 is 19.8. The quantitative estimate of drug-likeness (QED) is 0.620. The first-order chi connectivity index (χ1) is 17.7. The summed E-state index contributed by atoms with van der Waals surface area (Å²) in [6, 6.07) is 13.2. The Balaban J connectivity index is 1.51. The normalized spacial score (nSPS) is 18.7. The van der Waals surface area contributed by atoms with Crippen LogP contribution in [-0.4, -0.2) is 79.1 Å². The topological polar surface area (TPSA) is 82.2 Å². The molecule has 0 radical (unpaired) electrons. The molecule has 4 rings (SSSR count). The zero-order valence-electron chi connectivity index (χ0n) is 21.9. The first-order valence-corrected chi connectivity index (χ1v) is 12.7. The molecule has 198 valence electrons. The highest BCUT2D eigenvalue weighted by Gasteiger charge is 2.53. The van der Waals surface area contributed by atoms with Gasteiger partial charge in [-0.2, -0.15) is 0 Å². The van der Waals surface area contributed by atoms with Crippen molar-refractivity contribution in [1.29, 1.82) is 0 Å². The van der Waals surface area contributed by atoms with Gasteiger partial charge in [0.25, 0.3) is 5.91 Å². The second-order valence-electron chi connectivity index (χ2n) is 9.82. The molecule has 8 nitrogen and oxygen atoms in total. The lowest BCUT2D eigenvalue weighted by atomic mass is 9.85. The molecule has 2 heterocycles. The van der Waals surface area contributed by atoms with Crippen molar-refractivity contribution < 1.29 is 23.5 Å². The minimum atomic E-state index is -0.997. The number of rotatable bonds is 7. The van der Waals surface area contributed by atoms with Gasteiger partial charge in [-0.3, -0.25) is 14.4 Å². The van der Waals surface area contributed by atoms with Gasteiger partial charge in [-0.25, -0.2) is 4.39 Å². The highest BCUT2D eigenvalue weighted by molar-refractivity contribution is 5.98. The second kappa shape index (κ2) is 10.9. The van der Waals surface area contributed by atoms with Gasteiger partial charge in [0.1, 0.15) is 17.4 Å². The number of nitrogens with zero attached hydrogens (tertiary/aromatic N) is 3. The predicted molar refractivity (Wildman–Crippen MR) is 139 cm³/mol. The third-order valence-corrected chi connectivity index (χ3v) is 7.66. The highest BCUT2D eigenvalue weighted by atomic mass is 19.1. The maximum atomic E-state index is 14.4. The first-order valence-electron chi connectivity index (χ1n) is 12.7. The molecule has 0 bridgehead atoms. The van der Waals surface area contributed by atoms with E-state index in [4.69, 9.17) is 4.74 Å². The van der Waals surface area contributed by atoms with Crippen molar-refractivity contribution in [3.05, 3.63) is 65.5 Å². The van der Waals surface area contributed by atoms with Crippen LogP contribution in [0, 0.1) is 5.82 Å². The highest BCUT2D eigenvalue weighted by Crippen LogP contribution is 2.39. The molecular formula is C28H35FN4O4. The molecule has 1 N–H and O–H groups in total. The third-order valence-electron chi connectivity index (χ3n) is 7.66. The zero-order valence-corrected chi connectivity index (χ0v) is 21.9. The molecule has 2 saturated heterocycles. The molecule has 9 heteroatoms. The van der Waals surface area contributed by atoms with E-state index >= 15 is 0 Å². The molecule has 0 saturated carbocycles. The Labute approximate surface area is 217 Å². The standard InChI is InChI=1S/C28H35FN4O4/c1-5-20-11-12-23(29)22(17-20)25(34)30-24(19(2)37-4)26(35)32-15-13-28(14-16-32)27(36)31(3)18-33(28)21-9-7-6-8-10-21/h6-12,17,19,24H,5,13-16,18H2,1-4H3,(H,30,34)/t19-,24+/m0/s1. The number of carbonyl (C=O) groups is 3. The van der Waals surface area contributed by atoms with E-state index < -0.39 is 29.4 Å². The van der Waals surface area contributed by atoms with Gasteiger partial charge in [0.15, 0.2) is 0 Å². The molecule has 3 amide bonds. The monoisotopic (exact) mass is 510 g/mol. The minimum absolute atomic E-state index is 0.0462. The summed E-state index contributed by atoms with van der Waals surface area (Å²) in [6.45, 7) is 4.80. The van der Waals surface area contributed by atoms with Crippen molar-refractivity contribution in [1.82, 2.24) is 15.1 Å². The van der Waals surface area contributed by atoms with Gasteiger partial charge >= 0.3 is 0 Å². The van der Waals surface area contributed by atoms with Crippen LogP contribution in [0.1, 0.15) is 42.6 Å². The van der Waals surface area contributed by atoms with Crippen LogP contribution in [0.2, 0.25) is 0 Å². The van der Waals surface area contributed by atoms with E-state index in [1.54, 1.807) is 29.8 Å². The SMILES string of the molecule is CCc1ccc(F)c(C(=O)N[C@@H](C(=O)N2CCC3(CC2)C(=O)N(C)CN3c2ccccc2)[C@H](C)OC)c1. The third kappa shape index (κ3) is 5.05. The Kier molecular flexibility index (Phi) is 7.82. The van der Waals surface area contributed by atoms with Crippen molar-refractivity contribution in [3.63, 3.8) is 0 Å². The van der Waals surface area contributed by atoms with E-state index in [0.717, 1.165) is 11.3 Å². The van der Waals surface area contributed by atoms with Gasteiger partial charge in [0, 0.05) is 32.9 Å². The number of para-hydroxylation sites is 1. The molecule has 2 aromatic carbocycles. The number of hydrogen-bond acceptors (Lipinski definition) is 5. The number of piperidine rings is 1. The van der Waals surface area contributed by atoms with Crippen molar-refractivity contribution in [2.75, 3.05) is 38.8 Å². The molecular weight excluding hydrogens is 475 g/mol. The Morgan fingerprint density at radius 1 is 1.14 bits per heavy atom. The number of methoxy groups -OCH3 is 1. The van der Waals surface area contributed by atoms with E-state index in [0.29, 0.717) is 39.0 Å². The van der Waals surface area contributed by atoms with E-state index in [9.17, 15) is 18.8 Å². The second-order valence-corrected chi connectivity index (χ2v) is 9.82. The van der Waals surface area contributed by atoms with Crippen LogP contribution in [0.25, 0.3) is 0 Å². The molecule has 0 aromatic heterocycles. The van der Waals surface area contributed by atoms with Gasteiger partial charge < -0.3 is 24.8 Å². The van der Waals surface area contributed by atoms with E-state index in [1.165, 1.54) is 19.2 Å². The van der Waals surface area contributed by atoms with Crippen LogP contribution in [0.5, 0.6) is 0 Å². The molecule has 2 aromatic rings. The summed E-state index contributed by atoms with van der Waals surface area (Å²) in [7, 11) is 3.26. The number of nitrogens with one attached hydrogen (secondary N) is 1. The number of halogens is 1. The van der Waals surface area contributed by atoms with Crippen LogP contribution in [0.15, 0.2) is 48.5 Å². The fourth-order valence-corrected chi connectivity index (χ4v) is 5.30. The van der Waals surface area contributed by atoms with E-state index in [2.05, 4.69) is 10.2 Å². The van der Waals surface area contributed by atoms with Crippen molar-refractivity contribution >= 4 is 23.4 Å². The molecule has 1 spiro atoms. The predicted octanol–water partition coefficient (Wildman–Crippen LogP) is 2.82. The number of hydrogen-bond donors (Lipinski definition) is 1. The summed E-state index contributed by atoms with van der Waals surface area (Å²) in [6.07, 6.45) is 0.948. The average Bonchev–Trinajstić information content (AvgIpc) is 3.16. The van der Waals surface area contributed by atoms with E-state index in [-0.39, 0.29) is 17.4 Å². The maximum absolute atomic E-state index is 14.4. The summed E-state index contributed by atoms with van der Waals surface area (Å²) in [4.78, 5) is 45.4. The number of aryl methyl sites for hydroxylation is 1. The van der Waals surface area contributed by atoms with Crippen molar-refractivity contribution in [2.45, 2.75) is 50.8 Å². The lowest BCUT2D eigenvalue weighted by Gasteiger charge is -2.44. The lowest BCUT2D eigenvalue weighted by molar-refractivity contribution is -0.141. The number of anilines is 1. The summed E-state index contributed by atoms with van der Waals surface area (Å²) in [5.74, 6) is -1.57. The molecule has 0 aliphatic carbocycles. The number of amides is 3. The number of ether oxygens (including phenoxy) is 1. The maximum Gasteiger partial charge on any atom is 0.254 e. The van der Waals surface area contributed by atoms with Crippen LogP contribution in [0.3, 0.4) is 0 Å². The fraction of sp³-hybridized carbons (Fsp3) is 0.464. The van der Waals surface area contributed by atoms with Crippen molar-refractivity contribution in [2.24, 2.45) is 0 Å². The Morgan fingerprint density at radius 3 is 2.43 bits per heavy atom. The van der Waals surface area contributed by atoms with Gasteiger partial charge in [0.2, 0.25) is 11.8 Å². The van der Waals surface area contributed by atoms with Gasteiger partial charge in [-0.15, -0.1) is 0 Å².